The lowest BCUT2D eigenvalue weighted by molar-refractivity contribution is 0.281. The molecule has 0 aromatic heterocycles. The molecule has 20 heavy (non-hydrogen) atoms. The highest BCUT2D eigenvalue weighted by molar-refractivity contribution is 5.68. The molecule has 0 saturated heterocycles. The van der Waals surface area contributed by atoms with Crippen LogP contribution in [0, 0.1) is 12.8 Å². The highest BCUT2D eigenvalue weighted by atomic mass is 16.3. The van der Waals surface area contributed by atoms with Crippen molar-refractivity contribution < 1.29 is 5.11 Å². The van der Waals surface area contributed by atoms with E-state index in [0.29, 0.717) is 5.92 Å². The highest BCUT2D eigenvalue weighted by Gasteiger charge is 2.22. The van der Waals surface area contributed by atoms with Gasteiger partial charge in [0.25, 0.3) is 0 Å². The van der Waals surface area contributed by atoms with E-state index in [2.05, 4.69) is 55.1 Å². The van der Waals surface area contributed by atoms with Crippen molar-refractivity contribution >= 4 is 11.4 Å². The Balaban J connectivity index is 2.04. The fourth-order valence-corrected chi connectivity index (χ4v) is 3.07. The number of hydrogen-bond donors (Lipinski definition) is 1. The van der Waals surface area contributed by atoms with E-state index in [4.69, 9.17) is 0 Å². The lowest BCUT2D eigenvalue weighted by atomic mass is 9.93. The van der Waals surface area contributed by atoms with Gasteiger partial charge in [0.15, 0.2) is 0 Å². The second-order valence-electron chi connectivity index (χ2n) is 5.82. The van der Waals surface area contributed by atoms with Crippen LogP contribution in [0.3, 0.4) is 0 Å². The van der Waals surface area contributed by atoms with E-state index >= 15 is 0 Å². The minimum absolute atomic E-state index is 0.110. The molecule has 1 aliphatic rings. The van der Waals surface area contributed by atoms with E-state index in [-0.39, 0.29) is 6.61 Å². The Labute approximate surface area is 120 Å². The van der Waals surface area contributed by atoms with Gasteiger partial charge in [-0.3, -0.25) is 0 Å². The van der Waals surface area contributed by atoms with Gasteiger partial charge >= 0.3 is 0 Å². The minimum atomic E-state index is 0.110. The summed E-state index contributed by atoms with van der Waals surface area (Å²) in [7, 11) is 0. The summed E-state index contributed by atoms with van der Waals surface area (Å²) in [5, 5.41) is 9.31. The zero-order valence-corrected chi connectivity index (χ0v) is 12.1. The normalized spacial score (nSPS) is 17.9. The molecule has 1 N–H and O–H groups in total. The Kier molecular flexibility index (Phi) is 3.49. The van der Waals surface area contributed by atoms with Crippen LogP contribution in [-0.2, 0) is 13.0 Å². The van der Waals surface area contributed by atoms with Crippen molar-refractivity contribution in [3.63, 3.8) is 0 Å². The molecule has 0 saturated carbocycles. The number of para-hydroxylation sites is 1. The molecular weight excluding hydrogens is 246 g/mol. The standard InChI is InChI=1S/C18H21NO/c1-13-9-15-5-3-4-6-18(15)19(11-13)17-8-7-16(12-20)14(2)10-17/h3-8,10,13,20H,9,11-12H2,1-2H3. The molecule has 0 bridgehead atoms. The Bertz CT molecular complexity index is 621. The smallest absolute Gasteiger partial charge is 0.0684 e. The quantitative estimate of drug-likeness (QED) is 0.894. The summed E-state index contributed by atoms with van der Waals surface area (Å²) in [4.78, 5) is 2.40. The van der Waals surface area contributed by atoms with Crippen molar-refractivity contribution in [2.24, 2.45) is 5.92 Å². The van der Waals surface area contributed by atoms with Gasteiger partial charge in [-0.2, -0.15) is 0 Å². The number of rotatable bonds is 2. The maximum Gasteiger partial charge on any atom is 0.0684 e. The van der Waals surface area contributed by atoms with Crippen LogP contribution in [0.2, 0.25) is 0 Å². The van der Waals surface area contributed by atoms with Gasteiger partial charge in [-0.25, -0.2) is 0 Å². The lowest BCUT2D eigenvalue weighted by Crippen LogP contribution is -2.30. The summed E-state index contributed by atoms with van der Waals surface area (Å²) in [6, 6.07) is 15.0. The lowest BCUT2D eigenvalue weighted by Gasteiger charge is -2.35. The third-order valence-electron chi connectivity index (χ3n) is 4.15. The third-order valence-corrected chi connectivity index (χ3v) is 4.15. The molecule has 1 heterocycles. The SMILES string of the molecule is Cc1cc(N2CC(C)Cc3ccccc32)ccc1CO. The number of fused-ring (bicyclic) bond motifs is 1. The van der Waals surface area contributed by atoms with Gasteiger partial charge in [0.05, 0.1) is 6.61 Å². The fourth-order valence-electron chi connectivity index (χ4n) is 3.07. The average Bonchev–Trinajstić information content (AvgIpc) is 2.46. The molecule has 1 aliphatic heterocycles. The molecule has 2 nitrogen and oxygen atoms in total. The highest BCUT2D eigenvalue weighted by Crippen LogP contribution is 2.35. The second-order valence-corrected chi connectivity index (χ2v) is 5.82. The van der Waals surface area contributed by atoms with Gasteiger partial charge in [-0.1, -0.05) is 31.2 Å². The largest absolute Gasteiger partial charge is 0.392 e. The first-order valence-corrected chi connectivity index (χ1v) is 7.25. The van der Waals surface area contributed by atoms with Gasteiger partial charge in [-0.15, -0.1) is 0 Å². The van der Waals surface area contributed by atoms with Crippen molar-refractivity contribution in [2.45, 2.75) is 26.9 Å². The van der Waals surface area contributed by atoms with Crippen LogP contribution in [-0.4, -0.2) is 11.7 Å². The summed E-state index contributed by atoms with van der Waals surface area (Å²) in [6.45, 7) is 5.53. The fraction of sp³-hybridized carbons (Fsp3) is 0.333. The maximum absolute atomic E-state index is 9.31. The van der Waals surface area contributed by atoms with Crippen molar-refractivity contribution in [3.05, 3.63) is 59.2 Å². The topological polar surface area (TPSA) is 23.5 Å². The number of hydrogen-bond acceptors (Lipinski definition) is 2. The molecule has 2 aromatic carbocycles. The first kappa shape index (κ1) is 13.2. The molecule has 0 amide bonds. The van der Waals surface area contributed by atoms with Crippen molar-refractivity contribution in [1.29, 1.82) is 0 Å². The second kappa shape index (κ2) is 5.29. The first-order chi connectivity index (χ1) is 9.69. The summed E-state index contributed by atoms with van der Waals surface area (Å²) in [5.41, 5.74) is 6.13. The van der Waals surface area contributed by atoms with Gasteiger partial charge in [0.1, 0.15) is 0 Å². The van der Waals surface area contributed by atoms with E-state index in [1.54, 1.807) is 0 Å². The van der Waals surface area contributed by atoms with Crippen molar-refractivity contribution in [3.8, 4) is 0 Å². The van der Waals surface area contributed by atoms with E-state index in [1.165, 1.54) is 16.9 Å². The molecule has 3 rings (SSSR count). The molecule has 0 aliphatic carbocycles. The van der Waals surface area contributed by atoms with Crippen molar-refractivity contribution in [2.75, 3.05) is 11.4 Å². The number of anilines is 2. The number of aliphatic hydroxyl groups excluding tert-OH is 1. The Morgan fingerprint density at radius 1 is 1.20 bits per heavy atom. The number of aliphatic hydroxyl groups is 1. The molecule has 2 heteroatoms. The van der Waals surface area contributed by atoms with Crippen LogP contribution in [0.5, 0.6) is 0 Å². The van der Waals surface area contributed by atoms with Gasteiger partial charge in [-0.05, 0) is 54.2 Å². The van der Waals surface area contributed by atoms with Crippen LogP contribution >= 0.6 is 0 Å². The molecule has 1 atom stereocenters. The zero-order valence-electron chi connectivity index (χ0n) is 12.1. The predicted molar refractivity (Wildman–Crippen MR) is 83.4 cm³/mol. The first-order valence-electron chi connectivity index (χ1n) is 7.25. The maximum atomic E-state index is 9.31. The monoisotopic (exact) mass is 267 g/mol. The summed E-state index contributed by atoms with van der Waals surface area (Å²) < 4.78 is 0. The summed E-state index contributed by atoms with van der Waals surface area (Å²) >= 11 is 0. The van der Waals surface area contributed by atoms with Gasteiger partial charge in [0, 0.05) is 17.9 Å². The number of benzene rings is 2. The van der Waals surface area contributed by atoms with Gasteiger partial charge < -0.3 is 10.0 Å². The minimum Gasteiger partial charge on any atom is -0.392 e. The summed E-state index contributed by atoms with van der Waals surface area (Å²) in [5.74, 6) is 0.655. The Morgan fingerprint density at radius 2 is 2.00 bits per heavy atom. The van der Waals surface area contributed by atoms with Gasteiger partial charge in [0.2, 0.25) is 0 Å². The molecule has 1 unspecified atom stereocenters. The molecule has 2 aromatic rings. The third kappa shape index (κ3) is 2.32. The molecule has 0 spiro atoms. The van der Waals surface area contributed by atoms with Crippen molar-refractivity contribution in [1.82, 2.24) is 0 Å². The van der Waals surface area contributed by atoms with E-state index in [0.717, 1.165) is 24.1 Å². The van der Waals surface area contributed by atoms with Crippen LogP contribution in [0.1, 0.15) is 23.6 Å². The van der Waals surface area contributed by atoms with E-state index in [1.807, 2.05) is 6.07 Å². The van der Waals surface area contributed by atoms with Crippen LogP contribution in [0.25, 0.3) is 0 Å². The predicted octanol–water partition coefficient (Wildman–Crippen LogP) is 3.82. The Hall–Kier alpha value is -1.80. The molecule has 0 fully saturated rings. The zero-order chi connectivity index (χ0) is 14.1. The summed E-state index contributed by atoms with van der Waals surface area (Å²) in [6.07, 6.45) is 1.15. The van der Waals surface area contributed by atoms with Crippen LogP contribution in [0.15, 0.2) is 42.5 Å². The average molecular weight is 267 g/mol. The molecule has 0 radical (unpaired) electrons. The molecule has 104 valence electrons. The van der Waals surface area contributed by atoms with E-state index in [9.17, 15) is 5.11 Å². The van der Waals surface area contributed by atoms with E-state index < -0.39 is 0 Å². The Morgan fingerprint density at radius 3 is 2.75 bits per heavy atom. The van der Waals surface area contributed by atoms with Crippen LogP contribution < -0.4 is 4.90 Å². The molecular formula is C18H21NO. The number of nitrogens with zero attached hydrogens (tertiary/aromatic N) is 1. The number of aryl methyl sites for hydroxylation is 1. The van der Waals surface area contributed by atoms with Crippen LogP contribution in [0.4, 0.5) is 11.4 Å².